The van der Waals surface area contributed by atoms with Gasteiger partial charge in [-0.05, 0) is 6.42 Å². The van der Waals surface area contributed by atoms with Crippen LogP contribution in [0.3, 0.4) is 0 Å². The Morgan fingerprint density at radius 2 is 2.44 bits per heavy atom. The maximum atomic E-state index is 10.0. The molecule has 0 aromatic rings. The second kappa shape index (κ2) is 4.51. The first-order valence-electron chi connectivity index (χ1n) is 2.69. The van der Waals surface area contributed by atoms with E-state index in [0.717, 1.165) is 6.29 Å². The molecule has 0 aliphatic carbocycles. The fraction of sp³-hybridized carbons (Fsp3) is 0.667. The molecule has 9 heavy (non-hydrogen) atoms. The molecule has 0 aliphatic rings. The Kier molecular flexibility index (Phi) is 4.33. The van der Waals surface area contributed by atoms with Crippen molar-refractivity contribution in [1.82, 2.24) is 0 Å². The van der Waals surface area contributed by atoms with Crippen LogP contribution in [0.1, 0.15) is 13.3 Å². The maximum Gasteiger partial charge on any atom is 0.122 e. The van der Waals surface area contributed by atoms with Crippen LogP contribution in [0.25, 0.3) is 0 Å². The Labute approximate surface area is 63.0 Å². The molecule has 2 unspecified atom stereocenters. The molecule has 0 spiro atoms. The minimum Gasteiger partial charge on any atom is -0.303 e. The van der Waals surface area contributed by atoms with Gasteiger partial charge in [-0.3, -0.25) is 0 Å². The van der Waals surface area contributed by atoms with Gasteiger partial charge in [-0.2, -0.15) is 5.26 Å². The molecule has 0 saturated heterocycles. The maximum absolute atomic E-state index is 10.0. The van der Waals surface area contributed by atoms with Gasteiger partial charge < -0.3 is 4.79 Å². The fourth-order valence-corrected chi connectivity index (χ4v) is 1.02. The van der Waals surface area contributed by atoms with Crippen LogP contribution < -0.4 is 0 Å². The van der Waals surface area contributed by atoms with Crippen molar-refractivity contribution in [2.24, 2.45) is 5.92 Å². The highest BCUT2D eigenvalue weighted by Gasteiger charge is 2.06. The number of hydrogen-bond donors (Lipinski definition) is 0. The molecule has 0 radical (unpaired) electrons. The zero-order valence-electron chi connectivity index (χ0n) is 5.17. The minimum atomic E-state index is -0.183. The number of nitriles is 1. The van der Waals surface area contributed by atoms with Crippen LogP contribution in [-0.2, 0) is 4.79 Å². The number of hydrogen-bond acceptors (Lipinski definition) is 2. The third kappa shape index (κ3) is 4.16. The summed E-state index contributed by atoms with van der Waals surface area (Å²) >= 11 is 3.10. The highest BCUT2D eigenvalue weighted by molar-refractivity contribution is 9.09. The molecule has 0 saturated carbocycles. The van der Waals surface area contributed by atoms with Gasteiger partial charge in [0.2, 0.25) is 0 Å². The van der Waals surface area contributed by atoms with Gasteiger partial charge in [0.15, 0.2) is 0 Å². The van der Waals surface area contributed by atoms with E-state index >= 15 is 0 Å². The Morgan fingerprint density at radius 3 is 2.78 bits per heavy atom. The highest BCUT2D eigenvalue weighted by atomic mass is 79.9. The lowest BCUT2D eigenvalue weighted by atomic mass is 10.1. The second-order valence-electron chi connectivity index (χ2n) is 1.95. The quantitative estimate of drug-likeness (QED) is 0.499. The fourth-order valence-electron chi connectivity index (χ4n) is 0.435. The monoisotopic (exact) mass is 189 g/mol. The Morgan fingerprint density at radius 1 is 1.89 bits per heavy atom. The van der Waals surface area contributed by atoms with Crippen molar-refractivity contribution in [2.75, 3.05) is 0 Å². The lowest BCUT2D eigenvalue weighted by molar-refractivity contribution is -0.110. The summed E-state index contributed by atoms with van der Waals surface area (Å²) in [4.78, 5) is 9.84. The van der Waals surface area contributed by atoms with Crippen molar-refractivity contribution >= 4 is 22.2 Å². The van der Waals surface area contributed by atoms with Crippen LogP contribution in [0.4, 0.5) is 0 Å². The minimum absolute atomic E-state index is 0.0194. The van der Waals surface area contributed by atoms with Gasteiger partial charge in [-0.1, -0.05) is 22.9 Å². The predicted octanol–water partition coefficient (Wildman–Crippen LogP) is 1.50. The third-order valence-corrected chi connectivity index (χ3v) is 1.53. The lowest BCUT2D eigenvalue weighted by Crippen LogP contribution is -2.03. The van der Waals surface area contributed by atoms with Crippen LogP contribution in [0, 0.1) is 17.2 Å². The average molecular weight is 190 g/mol. The van der Waals surface area contributed by atoms with E-state index in [9.17, 15) is 4.79 Å². The molecule has 0 aliphatic heterocycles. The van der Waals surface area contributed by atoms with Crippen LogP contribution in [0.15, 0.2) is 0 Å². The van der Waals surface area contributed by atoms with Crippen molar-refractivity contribution in [2.45, 2.75) is 18.2 Å². The zero-order valence-corrected chi connectivity index (χ0v) is 6.76. The van der Waals surface area contributed by atoms with Crippen LogP contribution in [0.5, 0.6) is 0 Å². The number of aldehydes is 1. The molecule has 0 bridgehead atoms. The first-order valence-corrected chi connectivity index (χ1v) is 3.61. The lowest BCUT2D eigenvalue weighted by Gasteiger charge is -2.00. The molecule has 0 heterocycles. The summed E-state index contributed by atoms with van der Waals surface area (Å²) in [6.07, 6.45) is 1.45. The molecule has 0 fully saturated rings. The van der Waals surface area contributed by atoms with Gasteiger partial charge in [0.25, 0.3) is 0 Å². The normalized spacial score (nSPS) is 15.7. The van der Waals surface area contributed by atoms with Crippen molar-refractivity contribution in [3.63, 3.8) is 0 Å². The molecule has 0 aromatic heterocycles. The number of carbonyl (C=O) groups excluding carboxylic acids is 1. The summed E-state index contributed by atoms with van der Waals surface area (Å²) < 4.78 is 0. The standard InChI is InChI=1S/C6H8BrNO/c1-5(4-9)2-6(7)3-8/h4-6H,2H2,1H3. The molecule has 50 valence electrons. The molecule has 0 N–H and O–H groups in total. The average Bonchev–Trinajstić information content (AvgIpc) is 1.87. The number of carbonyl (C=O) groups is 1. The van der Waals surface area contributed by atoms with E-state index in [0.29, 0.717) is 6.42 Å². The first kappa shape index (κ1) is 8.64. The van der Waals surface area contributed by atoms with Gasteiger partial charge in [-0.25, -0.2) is 0 Å². The summed E-state index contributed by atoms with van der Waals surface area (Å²) in [7, 11) is 0. The molecule has 0 rings (SSSR count). The Hall–Kier alpha value is -0.360. The van der Waals surface area contributed by atoms with Crippen molar-refractivity contribution in [3.8, 4) is 6.07 Å². The van der Waals surface area contributed by atoms with Crippen molar-refractivity contribution in [1.29, 1.82) is 5.26 Å². The number of halogens is 1. The van der Waals surface area contributed by atoms with E-state index in [4.69, 9.17) is 5.26 Å². The predicted molar refractivity (Wildman–Crippen MR) is 38.2 cm³/mol. The third-order valence-electron chi connectivity index (χ3n) is 0.951. The van der Waals surface area contributed by atoms with Gasteiger partial charge in [0.1, 0.15) is 11.1 Å². The van der Waals surface area contributed by atoms with E-state index in [2.05, 4.69) is 15.9 Å². The van der Waals surface area contributed by atoms with Gasteiger partial charge >= 0.3 is 0 Å². The summed E-state index contributed by atoms with van der Waals surface area (Å²) in [6, 6.07) is 1.99. The van der Waals surface area contributed by atoms with Crippen LogP contribution in [-0.4, -0.2) is 11.1 Å². The Balaban J connectivity index is 3.49. The molecule has 0 amide bonds. The van der Waals surface area contributed by atoms with E-state index in [1.165, 1.54) is 0 Å². The SMILES string of the molecule is CC(C=O)CC(Br)C#N. The number of rotatable bonds is 3. The largest absolute Gasteiger partial charge is 0.303 e. The topological polar surface area (TPSA) is 40.9 Å². The van der Waals surface area contributed by atoms with E-state index in [-0.39, 0.29) is 10.7 Å². The molecular formula is C6H8BrNO. The summed E-state index contributed by atoms with van der Waals surface area (Å²) in [5.41, 5.74) is 0. The van der Waals surface area contributed by atoms with Crippen molar-refractivity contribution < 1.29 is 4.79 Å². The van der Waals surface area contributed by atoms with Gasteiger partial charge in [0.05, 0.1) is 6.07 Å². The molecule has 2 atom stereocenters. The molecule has 2 nitrogen and oxygen atoms in total. The van der Waals surface area contributed by atoms with Gasteiger partial charge in [0, 0.05) is 5.92 Å². The number of nitrogens with zero attached hydrogens (tertiary/aromatic N) is 1. The van der Waals surface area contributed by atoms with E-state index < -0.39 is 0 Å². The molecule has 3 heteroatoms. The molecule has 0 aromatic carbocycles. The summed E-state index contributed by atoms with van der Waals surface area (Å²) in [5, 5.41) is 8.27. The van der Waals surface area contributed by atoms with E-state index in [1.54, 1.807) is 6.92 Å². The van der Waals surface area contributed by atoms with Gasteiger partial charge in [-0.15, -0.1) is 0 Å². The van der Waals surface area contributed by atoms with Crippen LogP contribution in [0.2, 0.25) is 0 Å². The second-order valence-corrected chi connectivity index (χ2v) is 3.05. The smallest absolute Gasteiger partial charge is 0.122 e. The first-order chi connectivity index (χ1) is 4.20. The van der Waals surface area contributed by atoms with Crippen LogP contribution >= 0.6 is 15.9 Å². The summed E-state index contributed by atoms with van der Waals surface area (Å²) in [6.45, 7) is 1.79. The number of alkyl halides is 1. The van der Waals surface area contributed by atoms with E-state index in [1.807, 2.05) is 6.07 Å². The van der Waals surface area contributed by atoms with Crippen molar-refractivity contribution in [3.05, 3.63) is 0 Å². The highest BCUT2D eigenvalue weighted by Crippen LogP contribution is 2.09. The molecular weight excluding hydrogens is 182 g/mol. The zero-order chi connectivity index (χ0) is 7.28. The Bertz CT molecular complexity index is 130. The summed E-state index contributed by atoms with van der Waals surface area (Å²) in [5.74, 6) is -0.0194.